The monoisotopic (exact) mass is 628 g/mol. The largest absolute Gasteiger partial charge is 0.449 e. The molecule has 0 radical (unpaired) electrons. The summed E-state index contributed by atoms with van der Waals surface area (Å²) in [5.74, 6) is 0.592. The van der Waals surface area contributed by atoms with Crippen LogP contribution in [0.5, 0.6) is 0 Å². The second-order valence-corrected chi connectivity index (χ2v) is 12.3. The van der Waals surface area contributed by atoms with E-state index in [1.54, 1.807) is 15.8 Å². The van der Waals surface area contributed by atoms with Gasteiger partial charge in [-0.05, 0) is 61.1 Å². The van der Waals surface area contributed by atoms with Crippen molar-refractivity contribution in [2.75, 3.05) is 36.9 Å². The minimum atomic E-state index is -1.99. The van der Waals surface area contributed by atoms with Crippen LogP contribution in [-0.4, -0.2) is 73.5 Å². The standard InChI is InChI=1S/C34H41FN8O3/c1-5-6-18-46-33(45)42-16-13-34(35,14-17-42)31(44)43-15-12-24-10-11-26(19-25(24)21-43)37-32-36-20-27-29(40-41(4)30(27)39-32)38-28-22(2)8-7-9-23(28)3/h7-11,19-20H,5-6,12-18,21H2,1-4H3,(H,38,40)(H,36,37,39). The lowest BCUT2D eigenvalue weighted by atomic mass is 9.90. The van der Waals surface area contributed by atoms with Crippen LogP contribution in [0.2, 0.25) is 0 Å². The number of para-hydroxylation sites is 1. The first kappa shape index (κ1) is 31.3. The van der Waals surface area contributed by atoms with Crippen molar-refractivity contribution in [1.82, 2.24) is 29.5 Å². The van der Waals surface area contributed by atoms with E-state index in [-0.39, 0.29) is 25.9 Å². The van der Waals surface area contributed by atoms with Crippen LogP contribution in [0.4, 0.5) is 32.3 Å². The van der Waals surface area contributed by atoms with Gasteiger partial charge in [0.05, 0.1) is 12.0 Å². The average Bonchev–Trinajstić information content (AvgIpc) is 3.36. The van der Waals surface area contributed by atoms with Crippen molar-refractivity contribution in [3.63, 3.8) is 0 Å². The lowest BCUT2D eigenvalue weighted by Crippen LogP contribution is -2.54. The van der Waals surface area contributed by atoms with E-state index in [2.05, 4.69) is 46.7 Å². The highest BCUT2D eigenvalue weighted by molar-refractivity contribution is 5.90. The molecule has 1 saturated heterocycles. The number of hydrogen-bond donors (Lipinski definition) is 2. The van der Waals surface area contributed by atoms with E-state index in [1.165, 1.54) is 4.90 Å². The maximum absolute atomic E-state index is 15.9. The number of carbonyl (C=O) groups is 2. The number of likely N-dealkylation sites (tertiary alicyclic amines) is 1. The van der Waals surface area contributed by atoms with Crippen LogP contribution >= 0.6 is 0 Å². The number of nitrogens with one attached hydrogen (secondary N) is 2. The summed E-state index contributed by atoms with van der Waals surface area (Å²) in [7, 11) is 1.85. The number of halogens is 1. The lowest BCUT2D eigenvalue weighted by molar-refractivity contribution is -0.148. The van der Waals surface area contributed by atoms with Gasteiger partial charge in [0.25, 0.3) is 5.91 Å². The first-order valence-electron chi connectivity index (χ1n) is 16.0. The molecule has 0 unspecified atom stereocenters. The number of alkyl halides is 1. The van der Waals surface area contributed by atoms with Gasteiger partial charge in [-0.3, -0.25) is 4.79 Å². The lowest BCUT2D eigenvalue weighted by Gasteiger charge is -2.39. The molecular formula is C34H41FN8O3. The highest BCUT2D eigenvalue weighted by Gasteiger charge is 2.45. The van der Waals surface area contributed by atoms with E-state index in [0.29, 0.717) is 43.5 Å². The van der Waals surface area contributed by atoms with Gasteiger partial charge < -0.3 is 25.2 Å². The van der Waals surface area contributed by atoms with Crippen LogP contribution < -0.4 is 10.6 Å². The summed E-state index contributed by atoms with van der Waals surface area (Å²) >= 11 is 0. The maximum atomic E-state index is 15.9. The Morgan fingerprint density at radius 1 is 1.02 bits per heavy atom. The van der Waals surface area contributed by atoms with Gasteiger partial charge in [-0.2, -0.15) is 10.1 Å². The molecule has 0 spiro atoms. The molecule has 0 aliphatic carbocycles. The third kappa shape index (κ3) is 6.33. The summed E-state index contributed by atoms with van der Waals surface area (Å²) in [4.78, 5) is 38.1. The Hall–Kier alpha value is -4.74. The Labute approximate surface area is 268 Å². The molecule has 0 atom stereocenters. The van der Waals surface area contributed by atoms with Gasteiger partial charge in [0.2, 0.25) is 5.95 Å². The second-order valence-electron chi connectivity index (χ2n) is 12.3. The van der Waals surface area contributed by atoms with Crippen molar-refractivity contribution in [2.24, 2.45) is 7.05 Å². The number of rotatable bonds is 8. The van der Waals surface area contributed by atoms with Crippen molar-refractivity contribution in [3.8, 4) is 0 Å². The summed E-state index contributed by atoms with van der Waals surface area (Å²) in [5.41, 5.74) is 4.78. The number of unbranched alkanes of at least 4 members (excludes halogenated alkanes) is 1. The molecular weight excluding hydrogens is 587 g/mol. The molecule has 0 saturated carbocycles. The van der Waals surface area contributed by atoms with Gasteiger partial charge in [0.1, 0.15) is 0 Å². The molecule has 11 nitrogen and oxygen atoms in total. The summed E-state index contributed by atoms with van der Waals surface area (Å²) in [6.07, 6.45) is 3.61. The summed E-state index contributed by atoms with van der Waals surface area (Å²) < 4.78 is 22.9. The van der Waals surface area contributed by atoms with E-state index in [4.69, 9.17) is 9.72 Å². The Morgan fingerprint density at radius 2 is 1.78 bits per heavy atom. The van der Waals surface area contributed by atoms with Crippen LogP contribution in [0, 0.1) is 13.8 Å². The van der Waals surface area contributed by atoms with Crippen LogP contribution in [0.3, 0.4) is 0 Å². The molecule has 6 rings (SSSR count). The molecule has 2 N–H and O–H groups in total. The quantitative estimate of drug-likeness (QED) is 0.225. The number of anilines is 4. The molecule has 2 aliphatic heterocycles. The van der Waals surface area contributed by atoms with E-state index in [1.807, 2.05) is 38.2 Å². The fraction of sp³-hybridized carbons (Fsp3) is 0.441. The number of carbonyl (C=O) groups excluding carboxylic acids is 2. The topological polar surface area (TPSA) is 118 Å². The minimum absolute atomic E-state index is 0.0325. The number of piperidine rings is 1. The summed E-state index contributed by atoms with van der Waals surface area (Å²) in [5, 5.41) is 12.2. The minimum Gasteiger partial charge on any atom is -0.449 e. The van der Waals surface area contributed by atoms with Gasteiger partial charge in [-0.1, -0.05) is 37.6 Å². The molecule has 2 aromatic heterocycles. The predicted molar refractivity (Wildman–Crippen MR) is 175 cm³/mol. The fourth-order valence-electron chi connectivity index (χ4n) is 6.19. The third-order valence-electron chi connectivity index (χ3n) is 8.99. The van der Waals surface area contributed by atoms with Crippen molar-refractivity contribution >= 4 is 46.2 Å². The van der Waals surface area contributed by atoms with E-state index in [9.17, 15) is 9.59 Å². The predicted octanol–water partition coefficient (Wildman–Crippen LogP) is 6.09. The summed E-state index contributed by atoms with van der Waals surface area (Å²) in [6.45, 7) is 7.57. The smallest absolute Gasteiger partial charge is 0.409 e. The zero-order valence-corrected chi connectivity index (χ0v) is 26.9. The number of aryl methyl sites for hydroxylation is 3. The first-order valence-corrected chi connectivity index (χ1v) is 16.0. The van der Waals surface area contributed by atoms with E-state index < -0.39 is 17.7 Å². The number of hydrogen-bond acceptors (Lipinski definition) is 8. The van der Waals surface area contributed by atoms with Crippen LogP contribution in [-0.2, 0) is 29.5 Å². The molecule has 12 heteroatoms. The third-order valence-corrected chi connectivity index (χ3v) is 8.99. The Bertz CT molecular complexity index is 1740. The molecule has 2 amide bonds. The Kier molecular flexibility index (Phi) is 8.79. The normalized spacial score (nSPS) is 15.8. The molecule has 2 aromatic carbocycles. The first-order chi connectivity index (χ1) is 22.1. The molecule has 4 aromatic rings. The van der Waals surface area contributed by atoms with Crippen LogP contribution in [0.15, 0.2) is 42.6 Å². The van der Waals surface area contributed by atoms with Gasteiger partial charge >= 0.3 is 6.09 Å². The highest BCUT2D eigenvalue weighted by Crippen LogP contribution is 2.33. The maximum Gasteiger partial charge on any atom is 0.409 e. The zero-order valence-electron chi connectivity index (χ0n) is 26.9. The zero-order chi connectivity index (χ0) is 32.4. The number of benzene rings is 2. The van der Waals surface area contributed by atoms with Gasteiger partial charge in [0, 0.05) is 63.6 Å². The molecule has 4 heterocycles. The molecule has 1 fully saturated rings. The van der Waals surface area contributed by atoms with Crippen LogP contribution in [0.25, 0.3) is 11.0 Å². The number of ether oxygens (including phenoxy) is 1. The van der Waals surface area contributed by atoms with E-state index in [0.717, 1.165) is 51.9 Å². The summed E-state index contributed by atoms with van der Waals surface area (Å²) in [6, 6.07) is 12.1. The fourth-order valence-corrected chi connectivity index (χ4v) is 6.19. The molecule has 242 valence electrons. The van der Waals surface area contributed by atoms with Crippen molar-refractivity contribution < 1.29 is 18.7 Å². The number of aromatic nitrogens is 4. The van der Waals surface area contributed by atoms with Gasteiger partial charge in [-0.15, -0.1) is 0 Å². The van der Waals surface area contributed by atoms with Gasteiger partial charge in [-0.25, -0.2) is 18.9 Å². The van der Waals surface area contributed by atoms with Crippen molar-refractivity contribution in [1.29, 1.82) is 0 Å². The van der Waals surface area contributed by atoms with Crippen molar-refractivity contribution in [3.05, 3.63) is 64.8 Å². The Balaban J connectivity index is 1.11. The molecule has 2 aliphatic rings. The average molecular weight is 629 g/mol. The van der Waals surface area contributed by atoms with Crippen LogP contribution in [0.1, 0.15) is 54.9 Å². The van der Waals surface area contributed by atoms with E-state index >= 15 is 4.39 Å². The SMILES string of the molecule is CCCCOC(=O)N1CCC(F)(C(=O)N2CCc3ccc(Nc4ncc5c(Nc6c(C)cccc6C)nn(C)c5n4)cc3C2)CC1. The second kappa shape index (κ2) is 12.9. The number of nitrogens with zero attached hydrogens (tertiary/aromatic N) is 6. The molecule has 46 heavy (non-hydrogen) atoms. The number of amides is 2. The van der Waals surface area contributed by atoms with Gasteiger partial charge in [0.15, 0.2) is 17.1 Å². The molecule has 0 bridgehead atoms. The van der Waals surface area contributed by atoms with Crippen molar-refractivity contribution in [2.45, 2.75) is 65.1 Å². The number of fused-ring (bicyclic) bond motifs is 2. The Morgan fingerprint density at radius 3 is 2.52 bits per heavy atom. The highest BCUT2D eigenvalue weighted by atomic mass is 19.1.